The van der Waals surface area contributed by atoms with E-state index in [0.29, 0.717) is 5.41 Å². The molecule has 1 aliphatic heterocycles. The van der Waals surface area contributed by atoms with E-state index in [0.717, 1.165) is 0 Å². The number of benzene rings is 1. The van der Waals surface area contributed by atoms with Crippen molar-refractivity contribution in [1.82, 2.24) is 0 Å². The maximum absolute atomic E-state index is 5.90. The second-order valence-corrected chi connectivity index (χ2v) is 6.07. The van der Waals surface area contributed by atoms with Crippen LogP contribution in [0.5, 0.6) is 0 Å². The van der Waals surface area contributed by atoms with Gasteiger partial charge < -0.3 is 10.6 Å². The Balaban J connectivity index is 2.01. The predicted molar refractivity (Wildman–Crippen MR) is 83.5 cm³/mol. The summed E-state index contributed by atoms with van der Waals surface area (Å²) in [5.74, 6) is 0. The Morgan fingerprint density at radius 1 is 1.11 bits per heavy atom. The first-order valence-electron chi connectivity index (χ1n) is 7.71. The molecule has 2 heteroatoms. The Morgan fingerprint density at radius 2 is 1.63 bits per heavy atom. The SMILES string of the molecule is CCC1(CC)CCN(c2ccc([C@@H](C)N)cc2)CC1. The topological polar surface area (TPSA) is 29.3 Å². The number of nitrogens with zero attached hydrogens (tertiary/aromatic N) is 1. The van der Waals surface area contributed by atoms with Crippen molar-refractivity contribution in [2.75, 3.05) is 18.0 Å². The standard InChI is InChI=1S/C17H28N2/c1-4-17(5-2)10-12-19(13-11-17)16-8-6-15(7-9-16)14(3)18/h6-9,14H,4-5,10-13,18H2,1-3H3/t14-/m1/s1. The number of hydrogen-bond acceptors (Lipinski definition) is 2. The van der Waals surface area contributed by atoms with Gasteiger partial charge in [-0.15, -0.1) is 0 Å². The molecule has 1 heterocycles. The molecule has 2 rings (SSSR count). The Morgan fingerprint density at radius 3 is 2.05 bits per heavy atom. The minimum atomic E-state index is 0.128. The number of hydrogen-bond donors (Lipinski definition) is 1. The third-order valence-corrected chi connectivity index (χ3v) is 5.11. The molecule has 0 amide bonds. The molecule has 1 atom stereocenters. The normalized spacial score (nSPS) is 20.3. The lowest BCUT2D eigenvalue weighted by molar-refractivity contribution is 0.199. The molecular formula is C17H28N2. The summed E-state index contributed by atoms with van der Waals surface area (Å²) in [6.45, 7) is 9.11. The molecule has 1 saturated heterocycles. The Labute approximate surface area is 118 Å². The molecule has 0 saturated carbocycles. The molecule has 1 aliphatic rings. The zero-order chi connectivity index (χ0) is 13.9. The number of piperidine rings is 1. The van der Waals surface area contributed by atoms with Gasteiger partial charge in [-0.1, -0.05) is 38.8 Å². The van der Waals surface area contributed by atoms with Crippen molar-refractivity contribution >= 4 is 5.69 Å². The van der Waals surface area contributed by atoms with Crippen LogP contribution in [0.1, 0.15) is 58.1 Å². The van der Waals surface area contributed by atoms with E-state index in [-0.39, 0.29) is 6.04 Å². The van der Waals surface area contributed by atoms with Gasteiger partial charge >= 0.3 is 0 Å². The summed E-state index contributed by atoms with van der Waals surface area (Å²) in [5, 5.41) is 0. The van der Waals surface area contributed by atoms with Crippen LogP contribution in [0.15, 0.2) is 24.3 Å². The van der Waals surface area contributed by atoms with E-state index < -0.39 is 0 Å². The second kappa shape index (κ2) is 5.96. The van der Waals surface area contributed by atoms with Crippen LogP contribution in [-0.4, -0.2) is 13.1 Å². The molecule has 1 aromatic rings. The van der Waals surface area contributed by atoms with Crippen LogP contribution < -0.4 is 10.6 Å². The lowest BCUT2D eigenvalue weighted by atomic mass is 9.74. The van der Waals surface area contributed by atoms with Crippen LogP contribution in [0, 0.1) is 5.41 Å². The highest BCUT2D eigenvalue weighted by molar-refractivity contribution is 5.48. The summed E-state index contributed by atoms with van der Waals surface area (Å²) in [5.41, 5.74) is 9.07. The first-order valence-corrected chi connectivity index (χ1v) is 7.71. The Hall–Kier alpha value is -1.02. The largest absolute Gasteiger partial charge is 0.371 e. The van der Waals surface area contributed by atoms with E-state index in [1.54, 1.807) is 0 Å². The average molecular weight is 260 g/mol. The summed E-state index contributed by atoms with van der Waals surface area (Å²) in [6, 6.07) is 8.92. The summed E-state index contributed by atoms with van der Waals surface area (Å²) < 4.78 is 0. The molecule has 0 spiro atoms. The fourth-order valence-corrected chi connectivity index (χ4v) is 3.19. The fourth-order valence-electron chi connectivity index (χ4n) is 3.19. The molecule has 1 fully saturated rings. The summed E-state index contributed by atoms with van der Waals surface area (Å²) >= 11 is 0. The zero-order valence-electron chi connectivity index (χ0n) is 12.7. The van der Waals surface area contributed by atoms with Gasteiger partial charge in [-0.2, -0.15) is 0 Å². The number of anilines is 1. The van der Waals surface area contributed by atoms with Gasteiger partial charge in [0.15, 0.2) is 0 Å². The smallest absolute Gasteiger partial charge is 0.0366 e. The molecule has 0 radical (unpaired) electrons. The lowest BCUT2D eigenvalue weighted by Crippen LogP contribution is -2.39. The average Bonchev–Trinajstić information content (AvgIpc) is 2.47. The highest BCUT2D eigenvalue weighted by Gasteiger charge is 2.31. The van der Waals surface area contributed by atoms with E-state index in [2.05, 4.69) is 43.0 Å². The molecule has 19 heavy (non-hydrogen) atoms. The van der Waals surface area contributed by atoms with E-state index in [1.807, 2.05) is 6.92 Å². The quantitative estimate of drug-likeness (QED) is 0.882. The van der Waals surface area contributed by atoms with Crippen molar-refractivity contribution < 1.29 is 0 Å². The Kier molecular flexibility index (Phi) is 4.51. The van der Waals surface area contributed by atoms with Crippen LogP contribution in [0.25, 0.3) is 0 Å². The minimum Gasteiger partial charge on any atom is -0.371 e. The van der Waals surface area contributed by atoms with Crippen LogP contribution >= 0.6 is 0 Å². The molecule has 2 nitrogen and oxygen atoms in total. The first-order chi connectivity index (χ1) is 9.10. The van der Waals surface area contributed by atoms with Gasteiger partial charge in [-0.25, -0.2) is 0 Å². The maximum Gasteiger partial charge on any atom is 0.0366 e. The van der Waals surface area contributed by atoms with Crippen molar-refractivity contribution in [3.63, 3.8) is 0 Å². The van der Waals surface area contributed by atoms with E-state index in [1.165, 1.54) is 50.0 Å². The molecule has 1 aromatic carbocycles. The van der Waals surface area contributed by atoms with Gasteiger partial charge in [0.2, 0.25) is 0 Å². The third-order valence-electron chi connectivity index (χ3n) is 5.11. The van der Waals surface area contributed by atoms with Gasteiger partial charge in [0.1, 0.15) is 0 Å². The second-order valence-electron chi connectivity index (χ2n) is 6.07. The molecule has 2 N–H and O–H groups in total. The zero-order valence-corrected chi connectivity index (χ0v) is 12.7. The molecule has 0 aliphatic carbocycles. The lowest BCUT2D eigenvalue weighted by Gasteiger charge is -2.42. The van der Waals surface area contributed by atoms with Crippen molar-refractivity contribution in [1.29, 1.82) is 0 Å². The highest BCUT2D eigenvalue weighted by atomic mass is 15.1. The summed E-state index contributed by atoms with van der Waals surface area (Å²) in [4.78, 5) is 2.52. The van der Waals surface area contributed by atoms with Crippen LogP contribution in [0.3, 0.4) is 0 Å². The van der Waals surface area contributed by atoms with Crippen molar-refractivity contribution in [3.05, 3.63) is 29.8 Å². The van der Waals surface area contributed by atoms with E-state index in [4.69, 9.17) is 5.73 Å². The molecule has 0 unspecified atom stereocenters. The van der Waals surface area contributed by atoms with Gasteiger partial charge in [-0.3, -0.25) is 0 Å². The fraction of sp³-hybridized carbons (Fsp3) is 0.647. The Bertz CT molecular complexity index is 380. The van der Waals surface area contributed by atoms with Crippen molar-refractivity contribution in [3.8, 4) is 0 Å². The van der Waals surface area contributed by atoms with Gasteiger partial charge in [-0.05, 0) is 42.9 Å². The van der Waals surface area contributed by atoms with E-state index >= 15 is 0 Å². The van der Waals surface area contributed by atoms with Gasteiger partial charge in [0.05, 0.1) is 0 Å². The van der Waals surface area contributed by atoms with Crippen molar-refractivity contribution in [2.45, 2.75) is 52.5 Å². The monoisotopic (exact) mass is 260 g/mol. The molecule has 0 aromatic heterocycles. The maximum atomic E-state index is 5.90. The number of nitrogens with two attached hydrogens (primary N) is 1. The minimum absolute atomic E-state index is 0.128. The van der Waals surface area contributed by atoms with Gasteiger partial charge in [0, 0.05) is 24.8 Å². The first kappa shape index (κ1) is 14.4. The molecular weight excluding hydrogens is 232 g/mol. The van der Waals surface area contributed by atoms with Crippen molar-refractivity contribution in [2.24, 2.45) is 11.1 Å². The van der Waals surface area contributed by atoms with Crippen LogP contribution in [0.2, 0.25) is 0 Å². The van der Waals surface area contributed by atoms with Gasteiger partial charge in [0.25, 0.3) is 0 Å². The van der Waals surface area contributed by atoms with Crippen LogP contribution in [0.4, 0.5) is 5.69 Å². The summed E-state index contributed by atoms with van der Waals surface area (Å²) in [7, 11) is 0. The molecule has 0 bridgehead atoms. The van der Waals surface area contributed by atoms with E-state index in [9.17, 15) is 0 Å². The van der Waals surface area contributed by atoms with Crippen LogP contribution in [-0.2, 0) is 0 Å². The number of rotatable bonds is 4. The highest BCUT2D eigenvalue weighted by Crippen LogP contribution is 2.39. The third kappa shape index (κ3) is 3.11. The summed E-state index contributed by atoms with van der Waals surface area (Å²) in [6.07, 6.45) is 5.30. The molecule has 106 valence electrons. The predicted octanol–water partition coefficient (Wildman–Crippen LogP) is 4.11.